The maximum absolute atomic E-state index is 10.6. The van der Waals surface area contributed by atoms with Crippen molar-refractivity contribution in [3.63, 3.8) is 0 Å². The molecule has 0 saturated heterocycles. The van der Waals surface area contributed by atoms with Gasteiger partial charge in [0.2, 0.25) is 10.4 Å². The van der Waals surface area contributed by atoms with Gasteiger partial charge in [0.05, 0.1) is 6.10 Å². The molecule has 0 aromatic carbocycles. The first-order valence-electron chi connectivity index (χ1n) is 8.63. The maximum atomic E-state index is 10.6. The molecule has 4 N–H and O–H groups in total. The number of hydrogen-bond donors (Lipinski definition) is 1. The molecule has 5 nitrogen and oxygen atoms in total. The van der Waals surface area contributed by atoms with Gasteiger partial charge >= 0.3 is 0 Å². The molecule has 0 aromatic heterocycles. The SMILES string of the molecule is CCCCCCCCCCCCC(CCC)OS(=O)(=O)[O-].[NH4+]. The van der Waals surface area contributed by atoms with Gasteiger partial charge in [-0.25, -0.2) is 8.42 Å². The summed E-state index contributed by atoms with van der Waals surface area (Å²) in [6.45, 7) is 4.19. The zero-order chi connectivity index (χ0) is 16.0. The van der Waals surface area contributed by atoms with Crippen LogP contribution in [0.5, 0.6) is 0 Å². The number of unbranched alkanes of at least 4 members (excludes halogenated alkanes) is 9. The van der Waals surface area contributed by atoms with Crippen LogP contribution in [0.3, 0.4) is 0 Å². The van der Waals surface area contributed by atoms with Gasteiger partial charge in [-0.05, 0) is 12.8 Å². The molecule has 0 saturated carbocycles. The van der Waals surface area contributed by atoms with Crippen molar-refractivity contribution < 1.29 is 17.2 Å². The van der Waals surface area contributed by atoms with Gasteiger partial charge in [0, 0.05) is 0 Å². The van der Waals surface area contributed by atoms with Gasteiger partial charge in [-0.3, -0.25) is 4.18 Å². The summed E-state index contributed by atoms with van der Waals surface area (Å²) in [4.78, 5) is 0. The minimum Gasteiger partial charge on any atom is -0.726 e. The van der Waals surface area contributed by atoms with Crippen LogP contribution in [0.4, 0.5) is 0 Å². The molecule has 0 amide bonds. The molecule has 1 unspecified atom stereocenters. The van der Waals surface area contributed by atoms with E-state index < -0.39 is 16.5 Å². The van der Waals surface area contributed by atoms with Gasteiger partial charge in [0.1, 0.15) is 0 Å². The lowest BCUT2D eigenvalue weighted by molar-refractivity contribution is 0.157. The quantitative estimate of drug-likeness (QED) is 0.248. The lowest BCUT2D eigenvalue weighted by atomic mass is 10.0. The van der Waals surface area contributed by atoms with Crippen LogP contribution in [0.15, 0.2) is 0 Å². The normalized spacial score (nSPS) is 12.9. The summed E-state index contributed by atoms with van der Waals surface area (Å²) < 4.78 is 36.4. The van der Waals surface area contributed by atoms with E-state index in [0.717, 1.165) is 19.3 Å². The van der Waals surface area contributed by atoms with E-state index >= 15 is 0 Å². The summed E-state index contributed by atoms with van der Waals surface area (Å²) in [7, 11) is -4.56. The average Bonchev–Trinajstić information content (AvgIpc) is 2.39. The standard InChI is InChI=1S/C16H34O4S.H3N/c1-3-5-6-7-8-9-10-11-12-13-15-16(14-4-2)20-21(17,18)19;/h16H,3-15H2,1-2H3,(H,17,18,19);1H3. The zero-order valence-corrected chi connectivity index (χ0v) is 15.6. The smallest absolute Gasteiger partial charge is 0.217 e. The van der Waals surface area contributed by atoms with Crippen molar-refractivity contribution in [3.8, 4) is 0 Å². The zero-order valence-electron chi connectivity index (χ0n) is 14.8. The molecule has 0 spiro atoms. The highest BCUT2D eigenvalue weighted by Crippen LogP contribution is 2.16. The summed E-state index contributed by atoms with van der Waals surface area (Å²) in [5.74, 6) is 0. The van der Waals surface area contributed by atoms with Crippen molar-refractivity contribution in [2.24, 2.45) is 0 Å². The Balaban J connectivity index is 0. The molecule has 0 aromatic rings. The molecule has 0 fully saturated rings. The van der Waals surface area contributed by atoms with Gasteiger partial charge < -0.3 is 10.7 Å². The van der Waals surface area contributed by atoms with Gasteiger partial charge in [0.25, 0.3) is 0 Å². The van der Waals surface area contributed by atoms with E-state index in [1.165, 1.54) is 51.4 Å². The molecule has 136 valence electrons. The highest BCUT2D eigenvalue weighted by molar-refractivity contribution is 7.80. The van der Waals surface area contributed by atoms with Crippen molar-refractivity contribution in [2.45, 2.75) is 103 Å². The first-order chi connectivity index (χ1) is 9.99. The fourth-order valence-corrected chi connectivity index (χ4v) is 3.11. The van der Waals surface area contributed by atoms with E-state index in [2.05, 4.69) is 11.1 Å². The molecule has 0 aliphatic heterocycles. The molecular weight excluding hydrogens is 302 g/mol. The summed E-state index contributed by atoms with van der Waals surface area (Å²) in [6, 6.07) is 0. The summed E-state index contributed by atoms with van der Waals surface area (Å²) in [6.07, 6.45) is 14.2. The molecule has 6 heteroatoms. The predicted molar refractivity (Wildman–Crippen MR) is 91.9 cm³/mol. The van der Waals surface area contributed by atoms with E-state index in [1.54, 1.807) is 0 Å². The van der Waals surface area contributed by atoms with Crippen LogP contribution < -0.4 is 6.15 Å². The molecule has 0 heterocycles. The van der Waals surface area contributed by atoms with Crippen LogP contribution in [0.1, 0.15) is 97.3 Å². The molecule has 0 bridgehead atoms. The molecule has 0 aliphatic carbocycles. The maximum Gasteiger partial charge on any atom is 0.217 e. The second kappa shape index (κ2) is 15.7. The largest absolute Gasteiger partial charge is 0.726 e. The predicted octanol–water partition coefficient (Wildman–Crippen LogP) is 5.32. The third-order valence-electron chi connectivity index (χ3n) is 3.74. The lowest BCUT2D eigenvalue weighted by Gasteiger charge is -2.18. The van der Waals surface area contributed by atoms with E-state index in [0.29, 0.717) is 12.8 Å². The van der Waals surface area contributed by atoms with E-state index in [1.807, 2.05) is 6.92 Å². The Bertz CT molecular complexity index is 320. The minimum absolute atomic E-state index is 0. The first kappa shape index (κ1) is 24.1. The minimum atomic E-state index is -4.56. The van der Waals surface area contributed by atoms with Crippen LogP contribution in [0, 0.1) is 0 Å². The van der Waals surface area contributed by atoms with E-state index in [4.69, 9.17) is 0 Å². The monoisotopic (exact) mass is 339 g/mol. The fourth-order valence-electron chi connectivity index (χ4n) is 2.59. The summed E-state index contributed by atoms with van der Waals surface area (Å²) in [5.41, 5.74) is 0. The van der Waals surface area contributed by atoms with E-state index in [-0.39, 0.29) is 6.15 Å². The Morgan fingerprint density at radius 2 is 1.23 bits per heavy atom. The molecule has 0 rings (SSSR count). The van der Waals surface area contributed by atoms with Crippen LogP contribution in [-0.2, 0) is 14.6 Å². The van der Waals surface area contributed by atoms with Gasteiger partial charge in [0.15, 0.2) is 0 Å². The van der Waals surface area contributed by atoms with Crippen molar-refractivity contribution >= 4 is 10.4 Å². The Labute approximate surface area is 137 Å². The molecule has 1 atom stereocenters. The molecule has 22 heavy (non-hydrogen) atoms. The van der Waals surface area contributed by atoms with Gasteiger partial charge in [-0.1, -0.05) is 84.5 Å². The van der Waals surface area contributed by atoms with Crippen molar-refractivity contribution in [2.75, 3.05) is 0 Å². The van der Waals surface area contributed by atoms with Crippen LogP contribution in [0.25, 0.3) is 0 Å². The molecular formula is C16H37NO4S. The topological polar surface area (TPSA) is 103 Å². The second-order valence-corrected chi connectivity index (χ2v) is 6.89. The Kier molecular flexibility index (Phi) is 17.2. The number of hydrogen-bond acceptors (Lipinski definition) is 4. The summed E-state index contributed by atoms with van der Waals surface area (Å²) >= 11 is 0. The second-order valence-electron chi connectivity index (χ2n) is 5.89. The van der Waals surface area contributed by atoms with Crippen molar-refractivity contribution in [1.29, 1.82) is 0 Å². The molecule has 0 aliphatic rings. The Morgan fingerprint density at radius 1 is 0.773 bits per heavy atom. The summed E-state index contributed by atoms with van der Waals surface area (Å²) in [5, 5.41) is 0. The average molecular weight is 340 g/mol. The van der Waals surface area contributed by atoms with E-state index in [9.17, 15) is 13.0 Å². The third-order valence-corrected chi connectivity index (χ3v) is 4.25. The van der Waals surface area contributed by atoms with Gasteiger partial charge in [-0.15, -0.1) is 0 Å². The highest BCUT2D eigenvalue weighted by Gasteiger charge is 2.11. The molecule has 0 radical (unpaired) electrons. The number of rotatable bonds is 15. The third kappa shape index (κ3) is 17.9. The first-order valence-corrected chi connectivity index (χ1v) is 9.97. The Morgan fingerprint density at radius 3 is 1.64 bits per heavy atom. The highest BCUT2D eigenvalue weighted by atomic mass is 32.3. The fraction of sp³-hybridized carbons (Fsp3) is 1.00. The van der Waals surface area contributed by atoms with Crippen molar-refractivity contribution in [1.82, 2.24) is 6.15 Å². The van der Waals surface area contributed by atoms with Gasteiger partial charge in [-0.2, -0.15) is 0 Å². The number of quaternary nitrogens is 1. The Hall–Kier alpha value is -0.170. The lowest BCUT2D eigenvalue weighted by Crippen LogP contribution is -2.17. The van der Waals surface area contributed by atoms with Crippen LogP contribution in [-0.4, -0.2) is 19.1 Å². The van der Waals surface area contributed by atoms with Crippen LogP contribution in [0.2, 0.25) is 0 Å². The van der Waals surface area contributed by atoms with Crippen molar-refractivity contribution in [3.05, 3.63) is 0 Å². The van der Waals surface area contributed by atoms with Crippen LogP contribution >= 0.6 is 0 Å².